The number of sulfonamides is 1. The molecule has 21 heavy (non-hydrogen) atoms. The lowest BCUT2D eigenvalue weighted by Crippen LogP contribution is -2.24. The highest BCUT2D eigenvalue weighted by Crippen LogP contribution is 2.24. The molecule has 1 aromatic rings. The second-order valence-electron chi connectivity index (χ2n) is 6.62. The highest BCUT2D eigenvalue weighted by atomic mass is 32.2. The van der Waals surface area contributed by atoms with Crippen molar-refractivity contribution in [2.45, 2.75) is 58.4 Å². The predicted molar refractivity (Wildman–Crippen MR) is 88.9 cm³/mol. The maximum Gasteiger partial charge on any atom is 0.238 e. The molecule has 0 heterocycles. The molecule has 4 nitrogen and oxygen atoms in total. The van der Waals surface area contributed by atoms with Crippen molar-refractivity contribution < 1.29 is 8.42 Å². The molecule has 0 spiro atoms. The van der Waals surface area contributed by atoms with Crippen LogP contribution in [0, 0.1) is 18.8 Å². The molecule has 0 aliphatic carbocycles. The van der Waals surface area contributed by atoms with Crippen LogP contribution in [0.2, 0.25) is 0 Å². The second kappa shape index (κ2) is 7.27. The molecule has 1 aromatic carbocycles. The van der Waals surface area contributed by atoms with Crippen molar-refractivity contribution in [3.63, 3.8) is 0 Å². The molecule has 0 bridgehead atoms. The molecule has 0 saturated carbocycles. The lowest BCUT2D eigenvalue weighted by atomic mass is 9.95. The number of nitrogens with one attached hydrogen (secondary N) is 1. The van der Waals surface area contributed by atoms with Gasteiger partial charge < -0.3 is 5.32 Å². The third-order valence-corrected chi connectivity index (χ3v) is 4.32. The Morgan fingerprint density at radius 2 is 1.62 bits per heavy atom. The van der Waals surface area contributed by atoms with Crippen LogP contribution in [0.1, 0.15) is 46.1 Å². The standard InChI is InChI=1S/C16H28N2O2S/c1-11(2)8-14(9-12(3)4)18-16-10-15(21(17,19)20)7-6-13(16)5/h6-7,10-12,14,18H,8-9H2,1-5H3,(H2,17,19,20). The molecule has 3 N–H and O–H groups in total. The van der Waals surface area contributed by atoms with E-state index in [2.05, 4.69) is 33.0 Å². The van der Waals surface area contributed by atoms with Gasteiger partial charge in [-0.15, -0.1) is 0 Å². The van der Waals surface area contributed by atoms with Crippen LogP contribution in [0.15, 0.2) is 23.1 Å². The summed E-state index contributed by atoms with van der Waals surface area (Å²) in [5.41, 5.74) is 1.88. The van der Waals surface area contributed by atoms with Crippen molar-refractivity contribution in [2.75, 3.05) is 5.32 Å². The minimum Gasteiger partial charge on any atom is -0.382 e. The quantitative estimate of drug-likeness (QED) is 0.809. The van der Waals surface area contributed by atoms with Crippen LogP contribution in [0.3, 0.4) is 0 Å². The third-order valence-electron chi connectivity index (χ3n) is 3.41. The Hall–Kier alpha value is -1.07. The zero-order valence-corrected chi connectivity index (χ0v) is 14.5. The van der Waals surface area contributed by atoms with Gasteiger partial charge in [0.15, 0.2) is 0 Å². The van der Waals surface area contributed by atoms with Gasteiger partial charge >= 0.3 is 0 Å². The molecule has 120 valence electrons. The molecule has 0 radical (unpaired) electrons. The fourth-order valence-electron chi connectivity index (χ4n) is 2.51. The van der Waals surface area contributed by atoms with Gasteiger partial charge in [-0.1, -0.05) is 33.8 Å². The van der Waals surface area contributed by atoms with Crippen molar-refractivity contribution in [2.24, 2.45) is 17.0 Å². The molecule has 5 heteroatoms. The van der Waals surface area contributed by atoms with Gasteiger partial charge in [0.2, 0.25) is 10.0 Å². The first-order valence-electron chi connectivity index (χ1n) is 7.49. The predicted octanol–water partition coefficient (Wildman–Crippen LogP) is 3.52. The zero-order chi connectivity index (χ0) is 16.2. The topological polar surface area (TPSA) is 72.2 Å². The molecule has 0 amide bonds. The summed E-state index contributed by atoms with van der Waals surface area (Å²) in [6.07, 6.45) is 2.11. The summed E-state index contributed by atoms with van der Waals surface area (Å²) in [4.78, 5) is 0.156. The summed E-state index contributed by atoms with van der Waals surface area (Å²) in [6, 6.07) is 5.32. The number of aryl methyl sites for hydroxylation is 1. The molecule has 0 aliphatic rings. The first kappa shape index (κ1) is 18.0. The van der Waals surface area contributed by atoms with Crippen LogP contribution in [0.25, 0.3) is 0 Å². The number of hydrogen-bond donors (Lipinski definition) is 2. The van der Waals surface area contributed by atoms with E-state index in [0.717, 1.165) is 24.1 Å². The van der Waals surface area contributed by atoms with E-state index in [0.29, 0.717) is 17.9 Å². The summed E-state index contributed by atoms with van der Waals surface area (Å²) in [5.74, 6) is 1.17. The van der Waals surface area contributed by atoms with Gasteiger partial charge in [0.25, 0.3) is 0 Å². The van der Waals surface area contributed by atoms with E-state index in [-0.39, 0.29) is 4.90 Å². The van der Waals surface area contributed by atoms with Crippen molar-refractivity contribution in [1.82, 2.24) is 0 Å². The van der Waals surface area contributed by atoms with Gasteiger partial charge in [0, 0.05) is 11.7 Å². The first-order chi connectivity index (χ1) is 9.59. The SMILES string of the molecule is Cc1ccc(S(N)(=O)=O)cc1NC(CC(C)C)CC(C)C. The van der Waals surface area contributed by atoms with E-state index in [1.807, 2.05) is 6.92 Å². The average molecular weight is 312 g/mol. The van der Waals surface area contributed by atoms with Gasteiger partial charge in [0.1, 0.15) is 0 Å². The minimum absolute atomic E-state index is 0.156. The first-order valence-corrected chi connectivity index (χ1v) is 9.04. The smallest absolute Gasteiger partial charge is 0.238 e. The van der Waals surface area contributed by atoms with Crippen LogP contribution in [0.4, 0.5) is 5.69 Å². The number of anilines is 1. The Kier molecular flexibility index (Phi) is 6.23. The van der Waals surface area contributed by atoms with Crippen LogP contribution >= 0.6 is 0 Å². The molecule has 0 aliphatic heterocycles. The van der Waals surface area contributed by atoms with Crippen LogP contribution in [0.5, 0.6) is 0 Å². The molecule has 0 unspecified atom stereocenters. The van der Waals surface area contributed by atoms with E-state index in [1.165, 1.54) is 0 Å². The summed E-state index contributed by atoms with van der Waals surface area (Å²) < 4.78 is 23.0. The Balaban J connectivity index is 3.02. The molecule has 0 saturated heterocycles. The summed E-state index contributed by atoms with van der Waals surface area (Å²) in [7, 11) is -3.66. The van der Waals surface area contributed by atoms with Gasteiger partial charge in [-0.25, -0.2) is 13.6 Å². The van der Waals surface area contributed by atoms with E-state index >= 15 is 0 Å². The lowest BCUT2D eigenvalue weighted by Gasteiger charge is -2.24. The molecule has 0 fully saturated rings. The van der Waals surface area contributed by atoms with Crippen molar-refractivity contribution in [3.05, 3.63) is 23.8 Å². The minimum atomic E-state index is -3.66. The van der Waals surface area contributed by atoms with Gasteiger partial charge in [-0.3, -0.25) is 0 Å². The highest BCUT2D eigenvalue weighted by Gasteiger charge is 2.16. The fraction of sp³-hybridized carbons (Fsp3) is 0.625. The Labute approximate surface area is 129 Å². The van der Waals surface area contributed by atoms with Crippen molar-refractivity contribution >= 4 is 15.7 Å². The monoisotopic (exact) mass is 312 g/mol. The van der Waals surface area contributed by atoms with Gasteiger partial charge in [-0.2, -0.15) is 0 Å². The molecule has 0 aromatic heterocycles. The van der Waals surface area contributed by atoms with Crippen molar-refractivity contribution in [1.29, 1.82) is 0 Å². The molecular weight excluding hydrogens is 284 g/mol. The zero-order valence-electron chi connectivity index (χ0n) is 13.7. The van der Waals surface area contributed by atoms with Crippen LogP contribution in [-0.4, -0.2) is 14.5 Å². The largest absolute Gasteiger partial charge is 0.382 e. The number of nitrogens with two attached hydrogens (primary N) is 1. The Morgan fingerprint density at radius 1 is 1.10 bits per heavy atom. The summed E-state index contributed by atoms with van der Waals surface area (Å²) in [5, 5.41) is 8.71. The molecular formula is C16H28N2O2S. The van der Waals surface area contributed by atoms with Gasteiger partial charge in [0.05, 0.1) is 4.90 Å². The Morgan fingerprint density at radius 3 is 2.05 bits per heavy atom. The maximum absolute atomic E-state index is 11.5. The number of hydrogen-bond acceptors (Lipinski definition) is 3. The summed E-state index contributed by atoms with van der Waals surface area (Å²) >= 11 is 0. The molecule has 1 rings (SSSR count). The summed E-state index contributed by atoms with van der Waals surface area (Å²) in [6.45, 7) is 10.8. The number of benzene rings is 1. The Bertz CT molecular complexity index is 556. The fourth-order valence-corrected chi connectivity index (χ4v) is 3.05. The second-order valence-corrected chi connectivity index (χ2v) is 8.18. The van der Waals surface area contributed by atoms with E-state index < -0.39 is 10.0 Å². The van der Waals surface area contributed by atoms with Gasteiger partial charge in [-0.05, 0) is 49.3 Å². The third kappa shape index (κ3) is 6.06. The van der Waals surface area contributed by atoms with Crippen molar-refractivity contribution in [3.8, 4) is 0 Å². The van der Waals surface area contributed by atoms with E-state index in [1.54, 1.807) is 18.2 Å². The average Bonchev–Trinajstić information content (AvgIpc) is 2.28. The number of rotatable bonds is 7. The highest BCUT2D eigenvalue weighted by molar-refractivity contribution is 7.89. The van der Waals surface area contributed by atoms with Crippen LogP contribution in [-0.2, 0) is 10.0 Å². The van der Waals surface area contributed by atoms with E-state index in [9.17, 15) is 8.42 Å². The number of primary sulfonamides is 1. The van der Waals surface area contributed by atoms with Crippen LogP contribution < -0.4 is 10.5 Å². The normalized spacial score (nSPS) is 12.4. The maximum atomic E-state index is 11.5. The van der Waals surface area contributed by atoms with E-state index in [4.69, 9.17) is 5.14 Å². The molecule has 0 atom stereocenters. The lowest BCUT2D eigenvalue weighted by molar-refractivity contribution is 0.442.